The highest BCUT2D eigenvalue weighted by Crippen LogP contribution is 2.41. The number of fused-ring (bicyclic) bond motifs is 3. The van der Waals surface area contributed by atoms with Gasteiger partial charge < -0.3 is 8.84 Å². The molecule has 116 valence electrons. The first-order chi connectivity index (χ1) is 10.2. The van der Waals surface area contributed by atoms with E-state index in [-0.39, 0.29) is 5.04 Å². The van der Waals surface area contributed by atoms with E-state index in [1.165, 1.54) is 0 Å². The average Bonchev–Trinajstić information content (AvgIpc) is 2.75. The van der Waals surface area contributed by atoms with Crippen LogP contribution in [0, 0.1) is 0 Å². The molecule has 0 bridgehead atoms. The van der Waals surface area contributed by atoms with Gasteiger partial charge in [-0.25, -0.2) is 0 Å². The van der Waals surface area contributed by atoms with E-state index in [4.69, 9.17) is 8.84 Å². The van der Waals surface area contributed by atoms with Gasteiger partial charge in [-0.1, -0.05) is 48.8 Å². The smallest absolute Gasteiger partial charge is 0.250 e. The Morgan fingerprint density at radius 3 is 2.45 bits per heavy atom. The van der Waals surface area contributed by atoms with E-state index in [1.807, 2.05) is 24.3 Å². The molecule has 0 saturated heterocycles. The van der Waals surface area contributed by atoms with Crippen molar-refractivity contribution in [3.05, 3.63) is 40.9 Å². The van der Waals surface area contributed by atoms with E-state index >= 15 is 0 Å². The molecule has 0 aliphatic carbocycles. The third-order valence-corrected chi connectivity index (χ3v) is 9.43. The van der Waals surface area contributed by atoms with Crippen molar-refractivity contribution in [1.29, 1.82) is 0 Å². The molecule has 1 aromatic heterocycles. The molecule has 0 fully saturated rings. The molecule has 0 atom stereocenters. The molecular formula is C18H21BrO2Si. The molecule has 0 aliphatic heterocycles. The Hall–Kier alpha value is -1.26. The Balaban J connectivity index is 2.17. The second-order valence-electron chi connectivity index (χ2n) is 7.24. The maximum Gasteiger partial charge on any atom is 0.250 e. The van der Waals surface area contributed by atoms with Crippen LogP contribution in [0.4, 0.5) is 0 Å². The predicted molar refractivity (Wildman–Crippen MR) is 99.2 cm³/mol. The lowest BCUT2D eigenvalue weighted by molar-refractivity contribution is 0.487. The molecule has 3 aromatic rings. The highest BCUT2D eigenvalue weighted by atomic mass is 79.9. The molecule has 22 heavy (non-hydrogen) atoms. The highest BCUT2D eigenvalue weighted by molar-refractivity contribution is 9.10. The minimum Gasteiger partial charge on any atom is -0.541 e. The van der Waals surface area contributed by atoms with Gasteiger partial charge in [-0.05, 0) is 42.4 Å². The quantitative estimate of drug-likeness (QED) is 0.462. The van der Waals surface area contributed by atoms with E-state index < -0.39 is 8.32 Å². The third kappa shape index (κ3) is 2.59. The Labute approximate surface area is 140 Å². The zero-order valence-electron chi connectivity index (χ0n) is 13.7. The number of hydrogen-bond donors (Lipinski definition) is 0. The van der Waals surface area contributed by atoms with Crippen molar-refractivity contribution in [3.63, 3.8) is 0 Å². The Bertz CT molecular complexity index is 843. The molecular weight excluding hydrogens is 356 g/mol. The molecule has 3 rings (SSSR count). The molecule has 0 radical (unpaired) electrons. The van der Waals surface area contributed by atoms with Crippen LogP contribution in [0.2, 0.25) is 18.1 Å². The van der Waals surface area contributed by atoms with Gasteiger partial charge in [-0.3, -0.25) is 0 Å². The summed E-state index contributed by atoms with van der Waals surface area (Å²) in [4.78, 5) is 0. The molecule has 0 saturated carbocycles. The van der Waals surface area contributed by atoms with Crippen LogP contribution < -0.4 is 4.43 Å². The monoisotopic (exact) mass is 376 g/mol. The normalized spacial score (nSPS) is 13.0. The van der Waals surface area contributed by atoms with Crippen molar-refractivity contribution in [2.24, 2.45) is 0 Å². The van der Waals surface area contributed by atoms with Crippen molar-refractivity contribution in [2.45, 2.75) is 38.9 Å². The summed E-state index contributed by atoms with van der Waals surface area (Å²) in [5.74, 6) is 0.858. The van der Waals surface area contributed by atoms with Crippen LogP contribution in [0.5, 0.6) is 5.75 Å². The number of hydrogen-bond acceptors (Lipinski definition) is 2. The molecule has 0 amide bonds. The fraction of sp³-hybridized carbons (Fsp3) is 0.333. The molecule has 0 unspecified atom stereocenters. The molecule has 2 nitrogen and oxygen atoms in total. The zero-order valence-corrected chi connectivity index (χ0v) is 16.2. The Kier molecular flexibility index (Phi) is 3.65. The maximum absolute atomic E-state index is 6.47. The lowest BCUT2D eigenvalue weighted by atomic mass is 10.1. The molecule has 4 heteroatoms. The zero-order chi connectivity index (χ0) is 16.1. The second kappa shape index (κ2) is 5.13. The van der Waals surface area contributed by atoms with Gasteiger partial charge in [0.15, 0.2) is 5.58 Å². The molecule has 2 aromatic carbocycles. The number of para-hydroxylation sites is 1. The molecule has 1 heterocycles. The highest BCUT2D eigenvalue weighted by Gasteiger charge is 2.39. The van der Waals surface area contributed by atoms with Crippen molar-refractivity contribution < 1.29 is 8.84 Å². The van der Waals surface area contributed by atoms with E-state index in [2.05, 4.69) is 61.9 Å². The van der Waals surface area contributed by atoms with Crippen LogP contribution in [-0.2, 0) is 0 Å². The van der Waals surface area contributed by atoms with Crippen LogP contribution in [-0.4, -0.2) is 8.32 Å². The van der Waals surface area contributed by atoms with Gasteiger partial charge >= 0.3 is 0 Å². The van der Waals surface area contributed by atoms with Gasteiger partial charge in [0, 0.05) is 15.2 Å². The molecule has 0 N–H and O–H groups in total. The van der Waals surface area contributed by atoms with Gasteiger partial charge in [-0.15, -0.1) is 0 Å². The predicted octanol–water partition coefficient (Wildman–Crippen LogP) is 6.73. The largest absolute Gasteiger partial charge is 0.541 e. The fourth-order valence-corrected chi connectivity index (χ4v) is 3.61. The molecule has 0 spiro atoms. The number of furan rings is 1. The minimum atomic E-state index is -1.89. The van der Waals surface area contributed by atoms with E-state index in [1.54, 1.807) is 0 Å². The first-order valence-electron chi connectivity index (χ1n) is 7.49. The van der Waals surface area contributed by atoms with Gasteiger partial charge in [0.05, 0.1) is 0 Å². The summed E-state index contributed by atoms with van der Waals surface area (Å²) in [6.45, 7) is 11.2. The first-order valence-corrected chi connectivity index (χ1v) is 11.2. The average molecular weight is 377 g/mol. The van der Waals surface area contributed by atoms with Crippen LogP contribution in [0.1, 0.15) is 20.8 Å². The van der Waals surface area contributed by atoms with E-state index in [9.17, 15) is 0 Å². The summed E-state index contributed by atoms with van der Waals surface area (Å²) in [6, 6.07) is 12.3. The SMILES string of the molecule is CC(C)(C)[Si](C)(C)Oc1cccc2c1oc1cc(Br)ccc12. The van der Waals surface area contributed by atoms with Gasteiger partial charge in [-0.2, -0.15) is 0 Å². The van der Waals surface area contributed by atoms with Crippen molar-refractivity contribution in [3.8, 4) is 5.75 Å². The lowest BCUT2D eigenvalue weighted by Crippen LogP contribution is -2.43. The third-order valence-electron chi connectivity index (χ3n) is 4.60. The van der Waals surface area contributed by atoms with Crippen LogP contribution in [0.3, 0.4) is 0 Å². The second-order valence-corrected chi connectivity index (χ2v) is 12.9. The van der Waals surface area contributed by atoms with Crippen molar-refractivity contribution in [1.82, 2.24) is 0 Å². The van der Waals surface area contributed by atoms with Crippen LogP contribution in [0.25, 0.3) is 21.9 Å². The topological polar surface area (TPSA) is 22.4 Å². The summed E-state index contributed by atoms with van der Waals surface area (Å²) in [5, 5.41) is 2.39. The number of halogens is 1. The maximum atomic E-state index is 6.47. The Morgan fingerprint density at radius 1 is 1.05 bits per heavy atom. The summed E-state index contributed by atoms with van der Waals surface area (Å²) in [5.41, 5.74) is 1.73. The van der Waals surface area contributed by atoms with Gasteiger partial charge in [0.25, 0.3) is 8.32 Å². The molecule has 0 aliphatic rings. The van der Waals surface area contributed by atoms with Gasteiger partial charge in [0.2, 0.25) is 0 Å². The fourth-order valence-electron chi connectivity index (χ4n) is 2.25. The van der Waals surface area contributed by atoms with Crippen molar-refractivity contribution >= 4 is 46.2 Å². The summed E-state index contributed by atoms with van der Waals surface area (Å²) in [7, 11) is -1.89. The number of rotatable bonds is 2. The summed E-state index contributed by atoms with van der Waals surface area (Å²) in [6.07, 6.45) is 0. The number of benzene rings is 2. The van der Waals surface area contributed by atoms with E-state index in [0.717, 1.165) is 32.2 Å². The first kappa shape index (κ1) is 15.6. The van der Waals surface area contributed by atoms with Crippen LogP contribution >= 0.6 is 15.9 Å². The lowest BCUT2D eigenvalue weighted by Gasteiger charge is -2.36. The van der Waals surface area contributed by atoms with Crippen molar-refractivity contribution in [2.75, 3.05) is 0 Å². The van der Waals surface area contributed by atoms with Crippen LogP contribution in [0.15, 0.2) is 45.3 Å². The Morgan fingerprint density at radius 2 is 1.77 bits per heavy atom. The summed E-state index contributed by atoms with van der Waals surface area (Å²) < 4.78 is 13.6. The van der Waals surface area contributed by atoms with E-state index in [0.29, 0.717) is 0 Å². The summed E-state index contributed by atoms with van der Waals surface area (Å²) >= 11 is 3.50. The minimum absolute atomic E-state index is 0.157. The standard InChI is InChI=1S/C18H21BrO2Si/c1-18(2,3)22(4,5)21-15-8-6-7-14-13-10-9-12(19)11-16(13)20-17(14)15/h6-11H,1-5H3. The van der Waals surface area contributed by atoms with Gasteiger partial charge in [0.1, 0.15) is 11.3 Å².